The molecule has 7 aliphatic rings. The first kappa shape index (κ1) is 18.5. The van der Waals surface area contributed by atoms with Crippen molar-refractivity contribution in [1.29, 1.82) is 0 Å². The van der Waals surface area contributed by atoms with Crippen LogP contribution in [0.2, 0.25) is 0 Å². The van der Waals surface area contributed by atoms with Gasteiger partial charge in [0.05, 0.1) is 0 Å². The Bertz CT molecular complexity index is 883. The fraction of sp³-hybridized carbons (Fsp3) is 0.852. The summed E-state index contributed by atoms with van der Waals surface area (Å²) < 4.78 is 6.19. The lowest BCUT2D eigenvalue weighted by Crippen LogP contribution is -2.55. The average Bonchev–Trinajstić information content (AvgIpc) is 3.59. The van der Waals surface area contributed by atoms with Crippen LogP contribution in [0.15, 0.2) is 11.6 Å². The molecule has 1 spiro atoms. The predicted octanol–water partition coefficient (Wildman–Crippen LogP) is 5.33. The molecule has 0 saturated heterocycles. The van der Waals surface area contributed by atoms with E-state index in [0.29, 0.717) is 35.4 Å². The SMILES string of the molecule is CCC(=O)OC1C2CCC2C2C3CC4(CC4)C4=CC(=O)[C@@H]5CC5[C@]4(C)C3CC[C@]12C. The van der Waals surface area contributed by atoms with E-state index in [1.54, 1.807) is 5.57 Å². The van der Waals surface area contributed by atoms with Crippen LogP contribution in [0.4, 0.5) is 0 Å². The summed E-state index contributed by atoms with van der Waals surface area (Å²) in [7, 11) is 0. The summed E-state index contributed by atoms with van der Waals surface area (Å²) in [6.45, 7) is 6.98. The van der Waals surface area contributed by atoms with E-state index in [2.05, 4.69) is 19.9 Å². The fourth-order valence-corrected chi connectivity index (χ4v) is 10.2. The molecular formula is C27H36O3. The van der Waals surface area contributed by atoms with Crippen molar-refractivity contribution < 1.29 is 14.3 Å². The van der Waals surface area contributed by atoms with Gasteiger partial charge in [-0.05, 0) is 104 Å². The number of rotatable bonds is 2. The Morgan fingerprint density at radius 2 is 1.83 bits per heavy atom. The Labute approximate surface area is 180 Å². The Morgan fingerprint density at radius 1 is 1.07 bits per heavy atom. The van der Waals surface area contributed by atoms with Gasteiger partial charge in [-0.2, -0.15) is 0 Å². The minimum atomic E-state index is 0.000697. The van der Waals surface area contributed by atoms with Crippen LogP contribution in [-0.2, 0) is 14.3 Å². The second kappa shape index (κ2) is 5.44. The van der Waals surface area contributed by atoms with Crippen molar-refractivity contribution in [2.45, 2.75) is 84.7 Å². The molecular weight excluding hydrogens is 372 g/mol. The van der Waals surface area contributed by atoms with Gasteiger partial charge in [0.25, 0.3) is 0 Å². The molecule has 7 unspecified atom stereocenters. The summed E-state index contributed by atoms with van der Waals surface area (Å²) in [6.07, 6.45) is 12.9. The van der Waals surface area contributed by atoms with Gasteiger partial charge in [0, 0.05) is 17.8 Å². The van der Waals surface area contributed by atoms with Gasteiger partial charge in [-0.1, -0.05) is 26.3 Å². The lowest BCUT2D eigenvalue weighted by Gasteiger charge is -2.61. The van der Waals surface area contributed by atoms with Crippen molar-refractivity contribution in [2.24, 2.45) is 57.7 Å². The predicted molar refractivity (Wildman–Crippen MR) is 113 cm³/mol. The van der Waals surface area contributed by atoms with E-state index in [1.807, 2.05) is 6.92 Å². The summed E-state index contributed by atoms with van der Waals surface area (Å²) in [5.74, 6) is 4.99. The molecule has 30 heavy (non-hydrogen) atoms. The van der Waals surface area contributed by atoms with Crippen LogP contribution in [0, 0.1) is 57.7 Å². The maximum absolute atomic E-state index is 12.7. The van der Waals surface area contributed by atoms with Crippen molar-refractivity contribution in [1.82, 2.24) is 0 Å². The fourth-order valence-electron chi connectivity index (χ4n) is 10.2. The maximum atomic E-state index is 12.7. The minimum Gasteiger partial charge on any atom is -0.461 e. The summed E-state index contributed by atoms with van der Waals surface area (Å²) in [5.41, 5.74) is 2.35. The molecule has 0 heterocycles. The highest BCUT2D eigenvalue weighted by atomic mass is 16.5. The standard InChI is InChI=1S/C27H36O3/c1-4-22(29)30-24-15-6-5-14(15)23-17-13-27(9-10-27)21-12-20(28)16-11-19(16)26(21,3)18(17)7-8-25(23,24)2/h12,14-19,23-24H,4-11,13H2,1-3H3/t14?,15?,16-,17?,18?,19?,23?,24?,25+,26+/m1/s1. The second-order valence-corrected chi connectivity index (χ2v) is 12.7. The van der Waals surface area contributed by atoms with Crippen molar-refractivity contribution in [3.8, 4) is 0 Å². The highest BCUT2D eigenvalue weighted by Gasteiger charge is 2.74. The van der Waals surface area contributed by atoms with Crippen LogP contribution >= 0.6 is 0 Å². The molecule has 7 aliphatic carbocycles. The molecule has 3 nitrogen and oxygen atoms in total. The number of ether oxygens (including phenoxy) is 1. The molecule has 0 bridgehead atoms. The highest BCUT2D eigenvalue weighted by molar-refractivity contribution is 5.96. The quantitative estimate of drug-likeness (QED) is 0.580. The van der Waals surface area contributed by atoms with E-state index in [-0.39, 0.29) is 22.9 Å². The Hall–Kier alpha value is -1.12. The molecule has 0 aliphatic heterocycles. The molecule has 0 aromatic carbocycles. The van der Waals surface area contributed by atoms with E-state index in [4.69, 9.17) is 4.74 Å². The zero-order chi connectivity index (χ0) is 20.6. The molecule has 6 fully saturated rings. The van der Waals surface area contributed by atoms with E-state index >= 15 is 0 Å². The molecule has 0 aromatic heterocycles. The number of fused-ring (bicyclic) bond motifs is 10. The summed E-state index contributed by atoms with van der Waals surface area (Å²) in [6, 6.07) is 0. The molecule has 10 atom stereocenters. The van der Waals surface area contributed by atoms with Gasteiger partial charge < -0.3 is 4.74 Å². The average molecular weight is 409 g/mol. The summed E-state index contributed by atoms with van der Waals surface area (Å²) in [4.78, 5) is 25.0. The number of ketones is 1. The van der Waals surface area contributed by atoms with E-state index < -0.39 is 0 Å². The highest BCUT2D eigenvalue weighted by Crippen LogP contribution is 2.80. The van der Waals surface area contributed by atoms with Crippen LogP contribution in [0.25, 0.3) is 0 Å². The molecule has 0 aromatic rings. The number of carbonyl (C=O) groups is 2. The number of hydrogen-bond donors (Lipinski definition) is 0. The van der Waals surface area contributed by atoms with Crippen LogP contribution in [0.1, 0.15) is 78.6 Å². The van der Waals surface area contributed by atoms with Crippen LogP contribution in [-0.4, -0.2) is 17.9 Å². The lowest BCUT2D eigenvalue weighted by atomic mass is 9.43. The number of esters is 1. The van der Waals surface area contributed by atoms with Crippen molar-refractivity contribution in [3.63, 3.8) is 0 Å². The Kier molecular flexibility index (Phi) is 3.34. The number of hydrogen-bond acceptors (Lipinski definition) is 3. The first-order chi connectivity index (χ1) is 14.3. The third kappa shape index (κ3) is 1.96. The summed E-state index contributed by atoms with van der Waals surface area (Å²) in [5, 5.41) is 0. The zero-order valence-electron chi connectivity index (χ0n) is 18.8. The smallest absolute Gasteiger partial charge is 0.305 e. The lowest BCUT2D eigenvalue weighted by molar-refractivity contribution is -0.163. The topological polar surface area (TPSA) is 43.4 Å². The Morgan fingerprint density at radius 3 is 2.50 bits per heavy atom. The second-order valence-electron chi connectivity index (χ2n) is 12.7. The van der Waals surface area contributed by atoms with E-state index in [0.717, 1.165) is 30.1 Å². The van der Waals surface area contributed by atoms with Crippen LogP contribution in [0.3, 0.4) is 0 Å². The number of allylic oxidation sites excluding steroid dienone is 1. The molecule has 0 amide bonds. The van der Waals surface area contributed by atoms with E-state index in [9.17, 15) is 9.59 Å². The van der Waals surface area contributed by atoms with Crippen molar-refractivity contribution in [3.05, 3.63) is 11.6 Å². The zero-order valence-corrected chi connectivity index (χ0v) is 18.8. The first-order valence-corrected chi connectivity index (χ1v) is 12.8. The third-order valence-corrected chi connectivity index (χ3v) is 11.8. The Balaban J connectivity index is 1.30. The van der Waals surface area contributed by atoms with Crippen molar-refractivity contribution in [2.75, 3.05) is 0 Å². The van der Waals surface area contributed by atoms with Gasteiger partial charge in [-0.15, -0.1) is 0 Å². The monoisotopic (exact) mass is 408 g/mol. The van der Waals surface area contributed by atoms with Gasteiger partial charge in [-0.3, -0.25) is 9.59 Å². The van der Waals surface area contributed by atoms with Crippen LogP contribution in [0.5, 0.6) is 0 Å². The van der Waals surface area contributed by atoms with Gasteiger partial charge in [-0.25, -0.2) is 0 Å². The molecule has 6 saturated carbocycles. The largest absolute Gasteiger partial charge is 0.461 e. The third-order valence-electron chi connectivity index (χ3n) is 11.8. The summed E-state index contributed by atoms with van der Waals surface area (Å²) >= 11 is 0. The van der Waals surface area contributed by atoms with Gasteiger partial charge in [0.15, 0.2) is 5.78 Å². The molecule has 162 valence electrons. The molecule has 0 radical (unpaired) electrons. The molecule has 0 N–H and O–H groups in total. The van der Waals surface area contributed by atoms with Gasteiger partial charge in [0.1, 0.15) is 6.10 Å². The van der Waals surface area contributed by atoms with E-state index in [1.165, 1.54) is 44.9 Å². The maximum Gasteiger partial charge on any atom is 0.305 e. The van der Waals surface area contributed by atoms with Gasteiger partial charge >= 0.3 is 5.97 Å². The van der Waals surface area contributed by atoms with Crippen LogP contribution < -0.4 is 0 Å². The molecule has 7 rings (SSSR count). The normalized spacial score (nSPS) is 55.8. The minimum absolute atomic E-state index is 0.000697. The number of carbonyl (C=O) groups excluding carboxylic acids is 2. The van der Waals surface area contributed by atoms with Gasteiger partial charge in [0.2, 0.25) is 0 Å². The molecule has 3 heteroatoms. The van der Waals surface area contributed by atoms with Crippen molar-refractivity contribution >= 4 is 11.8 Å². The first-order valence-electron chi connectivity index (χ1n) is 12.8.